The van der Waals surface area contributed by atoms with Gasteiger partial charge in [-0.2, -0.15) is 0 Å². The van der Waals surface area contributed by atoms with Gasteiger partial charge in [0.25, 0.3) is 5.69 Å². The van der Waals surface area contributed by atoms with Crippen molar-refractivity contribution in [2.45, 2.75) is 25.8 Å². The third-order valence-electron chi connectivity index (χ3n) is 3.28. The van der Waals surface area contributed by atoms with Gasteiger partial charge in [0, 0.05) is 24.7 Å². The average Bonchev–Trinajstić information content (AvgIpc) is 2.74. The number of nitrogens with zero attached hydrogens (tertiary/aromatic N) is 2. The summed E-state index contributed by atoms with van der Waals surface area (Å²) in [6, 6.07) is 4.10. The Hall–Kier alpha value is -2.11. The van der Waals surface area contributed by atoms with Gasteiger partial charge in [-0.3, -0.25) is 10.1 Å². The van der Waals surface area contributed by atoms with Gasteiger partial charge in [-0.25, -0.2) is 4.79 Å². The summed E-state index contributed by atoms with van der Waals surface area (Å²) in [5, 5.41) is 19.9. The Balaban J connectivity index is 2.50. The van der Waals surface area contributed by atoms with Crippen molar-refractivity contribution in [1.29, 1.82) is 0 Å². The summed E-state index contributed by atoms with van der Waals surface area (Å²) in [6.45, 7) is 2.74. The van der Waals surface area contributed by atoms with Crippen molar-refractivity contribution in [2.24, 2.45) is 0 Å². The van der Waals surface area contributed by atoms with Crippen molar-refractivity contribution in [3.63, 3.8) is 0 Å². The minimum absolute atomic E-state index is 0.0749. The van der Waals surface area contributed by atoms with Crippen LogP contribution in [0.3, 0.4) is 0 Å². The zero-order valence-electron chi connectivity index (χ0n) is 10.00. The van der Waals surface area contributed by atoms with E-state index in [2.05, 4.69) is 0 Å². The number of non-ortho nitro benzene ring substituents is 1. The molecule has 6 nitrogen and oxygen atoms in total. The third-order valence-corrected chi connectivity index (χ3v) is 3.28. The number of carbonyl (C=O) groups is 1. The predicted molar refractivity (Wildman–Crippen MR) is 66.1 cm³/mol. The van der Waals surface area contributed by atoms with E-state index in [4.69, 9.17) is 5.11 Å². The molecule has 1 heterocycles. The number of carboxylic acids is 1. The molecule has 0 spiro atoms. The molecule has 96 valence electrons. The molecule has 0 saturated carbocycles. The molecule has 0 radical (unpaired) electrons. The Bertz CT molecular complexity index is 501. The van der Waals surface area contributed by atoms with Gasteiger partial charge in [-0.1, -0.05) is 0 Å². The van der Waals surface area contributed by atoms with Crippen LogP contribution in [0.1, 0.15) is 30.1 Å². The Morgan fingerprint density at radius 1 is 1.56 bits per heavy atom. The fourth-order valence-corrected chi connectivity index (χ4v) is 2.34. The lowest BCUT2D eigenvalue weighted by atomic mass is 10.1. The molecule has 1 atom stereocenters. The monoisotopic (exact) mass is 250 g/mol. The minimum Gasteiger partial charge on any atom is -0.478 e. The lowest BCUT2D eigenvalue weighted by Gasteiger charge is -2.25. The maximum Gasteiger partial charge on any atom is 0.337 e. The van der Waals surface area contributed by atoms with Crippen molar-refractivity contribution in [3.8, 4) is 0 Å². The number of aromatic carboxylic acids is 1. The first-order valence-corrected chi connectivity index (χ1v) is 5.79. The summed E-state index contributed by atoms with van der Waals surface area (Å²) in [5.41, 5.74) is 0.491. The van der Waals surface area contributed by atoms with Crippen molar-refractivity contribution in [2.75, 3.05) is 11.4 Å². The van der Waals surface area contributed by atoms with E-state index in [0.29, 0.717) is 5.69 Å². The molecule has 1 aromatic carbocycles. The van der Waals surface area contributed by atoms with E-state index in [1.807, 2.05) is 11.8 Å². The Morgan fingerprint density at radius 3 is 2.78 bits per heavy atom. The number of anilines is 1. The first kappa shape index (κ1) is 12.3. The lowest BCUT2D eigenvalue weighted by molar-refractivity contribution is -0.384. The zero-order chi connectivity index (χ0) is 13.3. The smallest absolute Gasteiger partial charge is 0.337 e. The highest BCUT2D eigenvalue weighted by Crippen LogP contribution is 2.31. The number of benzene rings is 1. The van der Waals surface area contributed by atoms with Crippen LogP contribution in [0.15, 0.2) is 18.2 Å². The molecule has 6 heteroatoms. The molecule has 1 aliphatic heterocycles. The summed E-state index contributed by atoms with van der Waals surface area (Å²) in [4.78, 5) is 23.4. The molecule has 2 rings (SSSR count). The molecular weight excluding hydrogens is 236 g/mol. The van der Waals surface area contributed by atoms with Crippen LogP contribution in [-0.2, 0) is 0 Å². The maximum atomic E-state index is 11.2. The van der Waals surface area contributed by atoms with Crippen molar-refractivity contribution in [1.82, 2.24) is 0 Å². The van der Waals surface area contributed by atoms with Crippen LogP contribution in [0.4, 0.5) is 11.4 Å². The summed E-state index contributed by atoms with van der Waals surface area (Å²) in [7, 11) is 0. The number of hydrogen-bond donors (Lipinski definition) is 1. The fraction of sp³-hybridized carbons (Fsp3) is 0.417. The zero-order valence-corrected chi connectivity index (χ0v) is 10.00. The lowest BCUT2D eigenvalue weighted by Crippen LogP contribution is -2.28. The van der Waals surface area contributed by atoms with Gasteiger partial charge in [0.2, 0.25) is 0 Å². The molecule has 18 heavy (non-hydrogen) atoms. The Kier molecular flexibility index (Phi) is 3.18. The molecule has 1 aromatic rings. The molecular formula is C12H14N2O4. The number of hydrogen-bond acceptors (Lipinski definition) is 4. The van der Waals surface area contributed by atoms with E-state index in [1.54, 1.807) is 0 Å². The Labute approximate surface area is 104 Å². The van der Waals surface area contributed by atoms with Crippen LogP contribution < -0.4 is 4.90 Å². The minimum atomic E-state index is -1.06. The van der Waals surface area contributed by atoms with Crippen LogP contribution in [0.25, 0.3) is 0 Å². The summed E-state index contributed by atoms with van der Waals surface area (Å²) in [6.07, 6.45) is 1.95. The van der Waals surface area contributed by atoms with Crippen molar-refractivity contribution in [3.05, 3.63) is 33.9 Å². The number of nitro groups is 1. The average molecular weight is 250 g/mol. The number of nitro benzene ring substituents is 1. The highest BCUT2D eigenvalue weighted by Gasteiger charge is 2.26. The highest BCUT2D eigenvalue weighted by molar-refractivity contribution is 5.95. The van der Waals surface area contributed by atoms with Crippen LogP contribution in [0.5, 0.6) is 0 Å². The normalized spacial score (nSPS) is 18.9. The number of rotatable bonds is 3. The van der Waals surface area contributed by atoms with Gasteiger partial charge < -0.3 is 10.0 Å². The summed E-state index contributed by atoms with van der Waals surface area (Å²) >= 11 is 0. The molecule has 1 saturated heterocycles. The molecule has 0 aromatic heterocycles. The van der Waals surface area contributed by atoms with Gasteiger partial charge in [0.1, 0.15) is 0 Å². The van der Waals surface area contributed by atoms with Crippen LogP contribution >= 0.6 is 0 Å². The maximum absolute atomic E-state index is 11.2. The second-order valence-corrected chi connectivity index (χ2v) is 4.45. The quantitative estimate of drug-likeness (QED) is 0.657. The third kappa shape index (κ3) is 2.13. The molecule has 1 N–H and O–H groups in total. The predicted octanol–water partition coefficient (Wildman–Crippen LogP) is 2.28. The van der Waals surface area contributed by atoms with Crippen molar-refractivity contribution >= 4 is 17.3 Å². The first-order chi connectivity index (χ1) is 8.50. The van der Waals surface area contributed by atoms with E-state index < -0.39 is 10.9 Å². The van der Waals surface area contributed by atoms with Gasteiger partial charge in [-0.15, -0.1) is 0 Å². The summed E-state index contributed by atoms with van der Waals surface area (Å²) in [5.74, 6) is -1.06. The first-order valence-electron chi connectivity index (χ1n) is 5.79. The largest absolute Gasteiger partial charge is 0.478 e. The molecule has 1 fully saturated rings. The Morgan fingerprint density at radius 2 is 2.28 bits per heavy atom. The van der Waals surface area contributed by atoms with Gasteiger partial charge in [0.05, 0.1) is 16.2 Å². The number of carboxylic acid groups (broad SMARTS) is 1. The second-order valence-electron chi connectivity index (χ2n) is 4.45. The molecule has 1 aliphatic rings. The van der Waals surface area contributed by atoms with E-state index in [0.717, 1.165) is 19.4 Å². The SMILES string of the molecule is CC1CCCN1c1cc([N+](=O)[O-])ccc1C(=O)O. The van der Waals surface area contributed by atoms with E-state index >= 15 is 0 Å². The van der Waals surface area contributed by atoms with Crippen LogP contribution in [0, 0.1) is 10.1 Å². The second kappa shape index (κ2) is 4.64. The molecule has 0 bridgehead atoms. The van der Waals surface area contributed by atoms with Gasteiger partial charge >= 0.3 is 5.97 Å². The van der Waals surface area contributed by atoms with Crippen molar-refractivity contribution < 1.29 is 14.8 Å². The fourth-order valence-electron chi connectivity index (χ4n) is 2.34. The van der Waals surface area contributed by atoms with E-state index in [-0.39, 0.29) is 17.3 Å². The molecule has 0 amide bonds. The van der Waals surface area contributed by atoms with E-state index in [9.17, 15) is 14.9 Å². The molecule has 0 aliphatic carbocycles. The van der Waals surface area contributed by atoms with Crippen LogP contribution in [-0.4, -0.2) is 28.6 Å². The van der Waals surface area contributed by atoms with Gasteiger partial charge in [0.15, 0.2) is 0 Å². The standard InChI is InChI=1S/C12H14N2O4/c1-8-3-2-6-13(8)11-7-9(14(17)18)4-5-10(11)12(15)16/h4-5,7-8H,2-3,6H2,1H3,(H,15,16). The topological polar surface area (TPSA) is 83.7 Å². The van der Waals surface area contributed by atoms with Crippen LogP contribution in [0.2, 0.25) is 0 Å². The molecule has 1 unspecified atom stereocenters. The van der Waals surface area contributed by atoms with E-state index in [1.165, 1.54) is 18.2 Å². The summed E-state index contributed by atoms with van der Waals surface area (Å²) < 4.78 is 0. The highest BCUT2D eigenvalue weighted by atomic mass is 16.6. The van der Waals surface area contributed by atoms with Gasteiger partial charge in [-0.05, 0) is 25.8 Å².